The second kappa shape index (κ2) is 8.80. The van der Waals surface area contributed by atoms with E-state index in [-0.39, 0.29) is 5.97 Å². The van der Waals surface area contributed by atoms with Gasteiger partial charge in [0.1, 0.15) is 5.75 Å². The van der Waals surface area contributed by atoms with Crippen molar-refractivity contribution in [2.75, 3.05) is 13.7 Å². The summed E-state index contributed by atoms with van der Waals surface area (Å²) in [5, 5.41) is 0. The van der Waals surface area contributed by atoms with E-state index in [1.807, 2.05) is 48.5 Å². The van der Waals surface area contributed by atoms with Gasteiger partial charge in [-0.25, -0.2) is 9.97 Å². The predicted octanol–water partition coefficient (Wildman–Crippen LogP) is 4.05. The summed E-state index contributed by atoms with van der Waals surface area (Å²) in [5.41, 5.74) is 2.65. The summed E-state index contributed by atoms with van der Waals surface area (Å²) in [7, 11) is 1.58. The highest BCUT2D eigenvalue weighted by atomic mass is 16.5. The minimum absolute atomic E-state index is 0.275. The van der Waals surface area contributed by atoms with Crippen molar-refractivity contribution >= 4 is 5.97 Å². The molecule has 1 aromatic carbocycles. The van der Waals surface area contributed by atoms with Crippen LogP contribution < -0.4 is 9.47 Å². The van der Waals surface area contributed by atoms with Gasteiger partial charge in [-0.2, -0.15) is 0 Å². The van der Waals surface area contributed by atoms with Gasteiger partial charge in [0.2, 0.25) is 11.8 Å². The van der Waals surface area contributed by atoms with Crippen LogP contribution >= 0.6 is 0 Å². The van der Waals surface area contributed by atoms with E-state index < -0.39 is 0 Å². The maximum Gasteiger partial charge on any atom is 0.302 e. The number of carbonyl (C=O) groups is 1. The SMILES string of the molecule is COc1ncccc1-c1cccnc1Oc1ccc(CCOC(C)=O)cc1. The van der Waals surface area contributed by atoms with Crippen LogP contribution in [-0.2, 0) is 16.0 Å². The number of benzene rings is 1. The van der Waals surface area contributed by atoms with Crippen molar-refractivity contribution in [1.82, 2.24) is 9.97 Å². The van der Waals surface area contributed by atoms with E-state index in [0.717, 1.165) is 16.7 Å². The van der Waals surface area contributed by atoms with Crippen LogP contribution in [0.25, 0.3) is 11.1 Å². The third kappa shape index (κ3) is 4.82. The molecule has 0 amide bonds. The van der Waals surface area contributed by atoms with Crippen LogP contribution in [0.2, 0.25) is 0 Å². The first-order valence-corrected chi connectivity index (χ1v) is 8.52. The Hall–Kier alpha value is -3.41. The number of rotatable bonds is 7. The molecule has 2 aromatic heterocycles. The number of aromatic nitrogens is 2. The molecule has 0 saturated carbocycles. The minimum atomic E-state index is -0.275. The second-order valence-corrected chi connectivity index (χ2v) is 5.75. The fraction of sp³-hybridized carbons (Fsp3) is 0.190. The number of ether oxygens (including phenoxy) is 3. The van der Waals surface area contributed by atoms with E-state index >= 15 is 0 Å². The maximum absolute atomic E-state index is 10.8. The third-order valence-electron chi connectivity index (χ3n) is 3.86. The molecule has 0 saturated heterocycles. The van der Waals surface area contributed by atoms with Crippen molar-refractivity contribution in [2.24, 2.45) is 0 Å². The summed E-state index contributed by atoms with van der Waals surface area (Å²) in [5.74, 6) is 1.37. The molecule has 0 aliphatic heterocycles. The highest BCUT2D eigenvalue weighted by molar-refractivity contribution is 5.73. The number of hydrogen-bond donors (Lipinski definition) is 0. The topological polar surface area (TPSA) is 70.5 Å². The van der Waals surface area contributed by atoms with Gasteiger partial charge in [0.25, 0.3) is 0 Å². The van der Waals surface area contributed by atoms with E-state index in [2.05, 4.69) is 9.97 Å². The molecule has 3 aromatic rings. The van der Waals surface area contributed by atoms with E-state index in [9.17, 15) is 4.79 Å². The molecule has 0 N–H and O–H groups in total. The quantitative estimate of drug-likeness (QED) is 0.589. The standard InChI is InChI=1S/C21H20N2O4/c1-15(24)26-14-11-16-7-9-17(10-8-16)27-21-19(6-4-13-23-21)18-5-3-12-22-20(18)25-2/h3-10,12-13H,11,14H2,1-2H3. The molecular weight excluding hydrogens is 344 g/mol. The zero-order valence-electron chi connectivity index (χ0n) is 15.2. The lowest BCUT2D eigenvalue weighted by atomic mass is 10.1. The van der Waals surface area contributed by atoms with Crippen molar-refractivity contribution < 1.29 is 19.0 Å². The summed E-state index contributed by atoms with van der Waals surface area (Å²) in [6, 6.07) is 15.1. The van der Waals surface area contributed by atoms with Crippen molar-refractivity contribution in [3.63, 3.8) is 0 Å². The highest BCUT2D eigenvalue weighted by Gasteiger charge is 2.13. The molecular formula is C21H20N2O4. The number of pyridine rings is 2. The van der Waals surface area contributed by atoms with E-state index in [1.165, 1.54) is 6.92 Å². The third-order valence-corrected chi connectivity index (χ3v) is 3.86. The first-order valence-electron chi connectivity index (χ1n) is 8.52. The molecule has 0 atom stereocenters. The van der Waals surface area contributed by atoms with Crippen molar-refractivity contribution in [2.45, 2.75) is 13.3 Å². The average Bonchev–Trinajstić information content (AvgIpc) is 2.69. The van der Waals surface area contributed by atoms with Crippen LogP contribution in [0.4, 0.5) is 0 Å². The Balaban J connectivity index is 1.78. The molecule has 27 heavy (non-hydrogen) atoms. The van der Waals surface area contributed by atoms with Gasteiger partial charge < -0.3 is 14.2 Å². The second-order valence-electron chi connectivity index (χ2n) is 5.75. The van der Waals surface area contributed by atoms with Crippen LogP contribution in [0, 0.1) is 0 Å². The molecule has 3 rings (SSSR count). The molecule has 2 heterocycles. The summed E-state index contributed by atoms with van der Waals surface area (Å²) in [6.45, 7) is 1.76. The Kier molecular flexibility index (Phi) is 5.99. The van der Waals surface area contributed by atoms with Crippen molar-refractivity contribution in [1.29, 1.82) is 0 Å². The predicted molar refractivity (Wildman–Crippen MR) is 101 cm³/mol. The summed E-state index contributed by atoms with van der Waals surface area (Å²) < 4.78 is 16.3. The Morgan fingerprint density at radius 2 is 1.56 bits per heavy atom. The molecule has 0 aliphatic rings. The molecule has 0 bridgehead atoms. The monoisotopic (exact) mass is 364 g/mol. The minimum Gasteiger partial charge on any atom is -0.481 e. The van der Waals surface area contributed by atoms with E-state index in [0.29, 0.717) is 30.5 Å². The molecule has 6 heteroatoms. The number of methoxy groups -OCH3 is 1. The molecule has 0 fully saturated rings. The smallest absolute Gasteiger partial charge is 0.302 e. The van der Waals surface area contributed by atoms with Crippen molar-refractivity contribution in [3.8, 4) is 28.6 Å². The van der Waals surface area contributed by atoms with E-state index in [1.54, 1.807) is 19.5 Å². The Bertz CT molecular complexity index is 910. The lowest BCUT2D eigenvalue weighted by Gasteiger charge is -2.12. The lowest BCUT2D eigenvalue weighted by Crippen LogP contribution is -2.03. The number of hydrogen-bond acceptors (Lipinski definition) is 6. The van der Waals surface area contributed by atoms with Crippen LogP contribution in [0.3, 0.4) is 0 Å². The Morgan fingerprint density at radius 1 is 0.926 bits per heavy atom. The normalized spacial score (nSPS) is 10.3. The number of esters is 1. The Morgan fingerprint density at radius 3 is 2.19 bits per heavy atom. The zero-order chi connectivity index (χ0) is 19.1. The summed E-state index contributed by atoms with van der Waals surface area (Å²) in [6.07, 6.45) is 4.00. The zero-order valence-corrected chi connectivity index (χ0v) is 15.2. The fourth-order valence-electron chi connectivity index (χ4n) is 2.58. The molecule has 0 aliphatic carbocycles. The molecule has 0 spiro atoms. The van der Waals surface area contributed by atoms with Gasteiger partial charge in [-0.15, -0.1) is 0 Å². The molecule has 0 unspecified atom stereocenters. The first kappa shape index (κ1) is 18.4. The summed E-state index contributed by atoms with van der Waals surface area (Å²) >= 11 is 0. The van der Waals surface area contributed by atoms with Crippen molar-refractivity contribution in [3.05, 3.63) is 66.5 Å². The average molecular weight is 364 g/mol. The van der Waals surface area contributed by atoms with Gasteiger partial charge in [-0.3, -0.25) is 4.79 Å². The van der Waals surface area contributed by atoms with Crippen LogP contribution in [0.1, 0.15) is 12.5 Å². The first-order chi connectivity index (χ1) is 13.2. The van der Waals surface area contributed by atoms with Gasteiger partial charge >= 0.3 is 5.97 Å². The van der Waals surface area contributed by atoms with E-state index in [4.69, 9.17) is 14.2 Å². The summed E-state index contributed by atoms with van der Waals surface area (Å²) in [4.78, 5) is 19.4. The number of carbonyl (C=O) groups excluding carboxylic acids is 1. The largest absolute Gasteiger partial charge is 0.481 e. The van der Waals surface area contributed by atoms with Crippen LogP contribution in [-0.4, -0.2) is 29.7 Å². The van der Waals surface area contributed by atoms with Gasteiger partial charge in [0.15, 0.2) is 0 Å². The van der Waals surface area contributed by atoms with Gasteiger partial charge in [-0.1, -0.05) is 12.1 Å². The lowest BCUT2D eigenvalue weighted by molar-refractivity contribution is -0.140. The maximum atomic E-state index is 10.8. The molecule has 138 valence electrons. The van der Waals surface area contributed by atoms with Crippen LogP contribution in [0.5, 0.6) is 17.5 Å². The number of nitrogens with zero attached hydrogens (tertiary/aromatic N) is 2. The highest BCUT2D eigenvalue weighted by Crippen LogP contribution is 2.35. The molecule has 0 radical (unpaired) electrons. The Labute approximate surface area is 157 Å². The van der Waals surface area contributed by atoms with Gasteiger partial charge in [0, 0.05) is 36.9 Å². The van der Waals surface area contributed by atoms with Crippen LogP contribution in [0.15, 0.2) is 60.9 Å². The molecule has 6 nitrogen and oxygen atoms in total. The van der Waals surface area contributed by atoms with Gasteiger partial charge in [-0.05, 0) is 42.0 Å². The fourth-order valence-corrected chi connectivity index (χ4v) is 2.58. The van der Waals surface area contributed by atoms with Gasteiger partial charge in [0.05, 0.1) is 13.7 Å².